The fourth-order valence-electron chi connectivity index (χ4n) is 3.73. The minimum atomic E-state index is 0.00859. The Morgan fingerprint density at radius 1 is 1.24 bits per heavy atom. The maximum atomic E-state index is 11.6. The highest BCUT2D eigenvalue weighted by atomic mass is 16.1. The fourth-order valence-corrected chi connectivity index (χ4v) is 3.73. The van der Waals surface area contributed by atoms with E-state index in [1.165, 1.54) is 50.2 Å². The van der Waals surface area contributed by atoms with Crippen molar-refractivity contribution in [3.05, 3.63) is 48.0 Å². The van der Waals surface area contributed by atoms with E-state index in [2.05, 4.69) is 32.6 Å². The van der Waals surface area contributed by atoms with Gasteiger partial charge in [-0.3, -0.25) is 4.79 Å². The van der Waals surface area contributed by atoms with E-state index in [9.17, 15) is 4.79 Å². The van der Waals surface area contributed by atoms with E-state index in [0.717, 1.165) is 17.4 Å². The largest absolute Gasteiger partial charge is 0.289 e. The van der Waals surface area contributed by atoms with Gasteiger partial charge in [0.15, 0.2) is 5.78 Å². The zero-order valence-corrected chi connectivity index (χ0v) is 13.5. The van der Waals surface area contributed by atoms with Crippen LogP contribution < -0.4 is 0 Å². The monoisotopic (exact) mass is 284 g/mol. The van der Waals surface area contributed by atoms with E-state index >= 15 is 0 Å². The van der Waals surface area contributed by atoms with Crippen LogP contribution in [0.5, 0.6) is 0 Å². The molecule has 1 saturated carbocycles. The molecule has 0 radical (unpaired) electrons. The summed E-state index contributed by atoms with van der Waals surface area (Å²) in [7, 11) is 0. The van der Waals surface area contributed by atoms with Crippen molar-refractivity contribution < 1.29 is 4.79 Å². The van der Waals surface area contributed by atoms with Gasteiger partial charge in [0.2, 0.25) is 0 Å². The van der Waals surface area contributed by atoms with Crippen molar-refractivity contribution in [2.24, 2.45) is 11.8 Å². The molecule has 1 fully saturated rings. The van der Waals surface area contributed by atoms with Gasteiger partial charge in [0, 0.05) is 5.56 Å². The minimum absolute atomic E-state index is 0.00859. The zero-order chi connectivity index (χ0) is 15.2. The normalized spacial score (nSPS) is 23.5. The minimum Gasteiger partial charge on any atom is -0.289 e. The number of carbonyl (C=O) groups is 1. The van der Waals surface area contributed by atoms with Crippen molar-refractivity contribution in [1.82, 2.24) is 0 Å². The van der Waals surface area contributed by atoms with Crippen LogP contribution >= 0.6 is 0 Å². The molecule has 1 nitrogen and oxygen atoms in total. The van der Waals surface area contributed by atoms with Crippen LogP contribution in [0.25, 0.3) is 0 Å². The van der Waals surface area contributed by atoms with Gasteiger partial charge >= 0.3 is 0 Å². The summed E-state index contributed by atoms with van der Waals surface area (Å²) in [4.78, 5) is 11.6. The van der Waals surface area contributed by atoms with E-state index in [0.29, 0.717) is 5.92 Å². The first-order valence-electron chi connectivity index (χ1n) is 8.42. The van der Waals surface area contributed by atoms with Crippen LogP contribution in [-0.2, 0) is 0 Å². The Kier molecular flexibility index (Phi) is 5.78. The summed E-state index contributed by atoms with van der Waals surface area (Å²) in [5.74, 6) is 2.37. The summed E-state index contributed by atoms with van der Waals surface area (Å²) < 4.78 is 0. The third-order valence-corrected chi connectivity index (χ3v) is 5.20. The van der Waals surface area contributed by atoms with E-state index < -0.39 is 0 Å². The standard InChI is InChI=1S/C20H28O/c1-4-6-16-7-9-17(10-8-16)15(3)18-11-13-19(14-12-18)20(21)5-2/h5,11-17H,2,4,6-10H2,1,3H3. The first-order chi connectivity index (χ1) is 10.2. The van der Waals surface area contributed by atoms with Crippen LogP contribution in [0.4, 0.5) is 0 Å². The van der Waals surface area contributed by atoms with Crippen molar-refractivity contribution >= 4 is 5.78 Å². The molecule has 1 heteroatoms. The summed E-state index contributed by atoms with van der Waals surface area (Å²) in [6, 6.07) is 8.14. The number of hydrogen-bond acceptors (Lipinski definition) is 1. The Labute approximate surface area is 129 Å². The van der Waals surface area contributed by atoms with Gasteiger partial charge in [0.25, 0.3) is 0 Å². The van der Waals surface area contributed by atoms with Gasteiger partial charge < -0.3 is 0 Å². The molecule has 2 rings (SSSR count). The number of carbonyl (C=O) groups excluding carboxylic acids is 1. The Bertz CT molecular complexity index is 463. The van der Waals surface area contributed by atoms with Crippen LogP contribution in [0.15, 0.2) is 36.9 Å². The topological polar surface area (TPSA) is 17.1 Å². The summed E-state index contributed by atoms with van der Waals surface area (Å²) >= 11 is 0. The van der Waals surface area contributed by atoms with E-state index in [-0.39, 0.29) is 5.78 Å². The van der Waals surface area contributed by atoms with Gasteiger partial charge in [0.05, 0.1) is 0 Å². The lowest BCUT2D eigenvalue weighted by Crippen LogP contribution is -2.19. The Morgan fingerprint density at radius 2 is 1.86 bits per heavy atom. The molecular formula is C20H28O. The number of rotatable bonds is 6. The highest BCUT2D eigenvalue weighted by molar-refractivity contribution is 6.04. The van der Waals surface area contributed by atoms with Crippen LogP contribution in [0.1, 0.15) is 74.2 Å². The first kappa shape index (κ1) is 16.0. The van der Waals surface area contributed by atoms with Crippen LogP contribution in [0, 0.1) is 11.8 Å². The highest BCUT2D eigenvalue weighted by Crippen LogP contribution is 2.39. The van der Waals surface area contributed by atoms with Gasteiger partial charge in [0.1, 0.15) is 0 Å². The number of hydrogen-bond donors (Lipinski definition) is 0. The predicted molar refractivity (Wildman–Crippen MR) is 89.7 cm³/mol. The quantitative estimate of drug-likeness (QED) is 0.479. The van der Waals surface area contributed by atoms with E-state index in [1.54, 1.807) is 0 Å². The molecule has 0 bridgehead atoms. The lowest BCUT2D eigenvalue weighted by atomic mass is 9.73. The highest BCUT2D eigenvalue weighted by Gasteiger charge is 2.25. The lowest BCUT2D eigenvalue weighted by molar-refractivity contribution is 0.104. The zero-order valence-electron chi connectivity index (χ0n) is 13.5. The fraction of sp³-hybridized carbons (Fsp3) is 0.550. The molecule has 114 valence electrons. The van der Waals surface area contributed by atoms with Crippen molar-refractivity contribution in [2.75, 3.05) is 0 Å². The predicted octanol–water partition coefficient (Wildman–Crippen LogP) is 5.77. The maximum Gasteiger partial charge on any atom is 0.185 e. The molecule has 1 aromatic carbocycles. The summed E-state index contributed by atoms with van der Waals surface area (Å²) in [5.41, 5.74) is 2.11. The van der Waals surface area contributed by atoms with Crippen molar-refractivity contribution in [3.8, 4) is 0 Å². The molecule has 1 unspecified atom stereocenters. The molecular weight excluding hydrogens is 256 g/mol. The average Bonchev–Trinajstić information content (AvgIpc) is 2.54. The average molecular weight is 284 g/mol. The molecule has 0 heterocycles. The van der Waals surface area contributed by atoms with Gasteiger partial charge in [-0.25, -0.2) is 0 Å². The summed E-state index contributed by atoms with van der Waals surface area (Å²) in [6.07, 6.45) is 9.63. The summed E-state index contributed by atoms with van der Waals surface area (Å²) in [6.45, 7) is 8.18. The number of allylic oxidation sites excluding steroid dienone is 1. The number of benzene rings is 1. The summed E-state index contributed by atoms with van der Waals surface area (Å²) in [5, 5.41) is 0. The third-order valence-electron chi connectivity index (χ3n) is 5.20. The van der Waals surface area contributed by atoms with Crippen molar-refractivity contribution in [1.29, 1.82) is 0 Å². The van der Waals surface area contributed by atoms with Gasteiger partial charge in [-0.2, -0.15) is 0 Å². The molecule has 0 aromatic heterocycles. The molecule has 1 aliphatic carbocycles. The molecule has 0 spiro atoms. The SMILES string of the molecule is C=CC(=O)c1ccc(C(C)C2CCC(CCC)CC2)cc1. The Balaban J connectivity index is 1.96. The van der Waals surface area contributed by atoms with E-state index in [1.807, 2.05) is 12.1 Å². The van der Waals surface area contributed by atoms with Gasteiger partial charge in [-0.1, -0.05) is 70.4 Å². The second-order valence-corrected chi connectivity index (χ2v) is 6.55. The van der Waals surface area contributed by atoms with Crippen LogP contribution in [-0.4, -0.2) is 5.78 Å². The molecule has 21 heavy (non-hydrogen) atoms. The molecule has 1 aromatic rings. The smallest absolute Gasteiger partial charge is 0.185 e. The first-order valence-corrected chi connectivity index (χ1v) is 8.42. The molecule has 0 amide bonds. The maximum absolute atomic E-state index is 11.6. The third kappa shape index (κ3) is 4.06. The van der Waals surface area contributed by atoms with E-state index in [4.69, 9.17) is 0 Å². The van der Waals surface area contributed by atoms with Crippen LogP contribution in [0.3, 0.4) is 0 Å². The number of ketones is 1. The Hall–Kier alpha value is -1.37. The molecule has 1 atom stereocenters. The van der Waals surface area contributed by atoms with Crippen molar-refractivity contribution in [3.63, 3.8) is 0 Å². The van der Waals surface area contributed by atoms with Gasteiger partial charge in [-0.15, -0.1) is 0 Å². The van der Waals surface area contributed by atoms with Gasteiger partial charge in [-0.05, 0) is 42.2 Å². The second kappa shape index (κ2) is 7.59. The molecule has 1 aliphatic rings. The molecule has 0 aliphatic heterocycles. The van der Waals surface area contributed by atoms with Crippen molar-refractivity contribution in [2.45, 2.75) is 58.3 Å². The lowest BCUT2D eigenvalue weighted by Gasteiger charge is -2.32. The van der Waals surface area contributed by atoms with Crippen LogP contribution in [0.2, 0.25) is 0 Å². The molecule has 0 saturated heterocycles. The second-order valence-electron chi connectivity index (χ2n) is 6.55. The molecule has 0 N–H and O–H groups in total. The Morgan fingerprint density at radius 3 is 2.38 bits per heavy atom.